The van der Waals surface area contributed by atoms with Crippen molar-refractivity contribution in [3.63, 3.8) is 0 Å². The molecule has 4 rings (SSSR count). The van der Waals surface area contributed by atoms with E-state index >= 15 is 0 Å². The number of phenols is 1. The second-order valence-electron chi connectivity index (χ2n) is 7.64. The molecule has 2 N–H and O–H groups in total. The van der Waals surface area contributed by atoms with Gasteiger partial charge in [-0.25, -0.2) is 4.79 Å². The van der Waals surface area contributed by atoms with Crippen LogP contribution in [0.15, 0.2) is 35.3 Å². The van der Waals surface area contributed by atoms with E-state index < -0.39 is 48.9 Å². The summed E-state index contributed by atoms with van der Waals surface area (Å²) in [7, 11) is -0.0658. The maximum absolute atomic E-state index is 13.0. The van der Waals surface area contributed by atoms with E-state index in [1.165, 1.54) is 12.1 Å². The highest BCUT2D eigenvalue weighted by atomic mass is 16.5. The van der Waals surface area contributed by atoms with E-state index in [0.29, 0.717) is 29.6 Å². The number of carbonyl (C=O) groups is 3. The molecule has 29 heavy (non-hydrogen) atoms. The van der Waals surface area contributed by atoms with Crippen LogP contribution in [0.5, 0.6) is 5.75 Å². The van der Waals surface area contributed by atoms with E-state index in [0.717, 1.165) is 18.2 Å². The Hall–Kier alpha value is -2.65. The van der Waals surface area contributed by atoms with Gasteiger partial charge in [-0.15, -0.1) is 0 Å². The van der Waals surface area contributed by atoms with Crippen LogP contribution in [0.25, 0.3) is 0 Å². The van der Waals surface area contributed by atoms with Gasteiger partial charge in [-0.3, -0.25) is 9.59 Å². The highest BCUT2D eigenvalue weighted by molar-refractivity contribution is 6.53. The van der Waals surface area contributed by atoms with Crippen molar-refractivity contribution in [3.8, 4) is 5.75 Å². The second-order valence-corrected chi connectivity index (χ2v) is 7.64. The number of phenolic OH excluding ortho intramolecular Hbond substituents is 1. The van der Waals surface area contributed by atoms with E-state index in [4.69, 9.17) is 4.65 Å². The highest BCUT2D eigenvalue weighted by Gasteiger charge is 2.59. The van der Waals surface area contributed by atoms with Crippen molar-refractivity contribution in [1.29, 1.82) is 0 Å². The molecule has 152 valence electrons. The molecule has 0 unspecified atom stereocenters. The van der Waals surface area contributed by atoms with Crippen molar-refractivity contribution in [2.45, 2.75) is 32.3 Å². The normalized spacial score (nSPS) is 29.1. The first-order chi connectivity index (χ1) is 13.9. The number of imide groups is 3. The number of carbonyl (C=O) groups excluding carboxylic acids is 3. The molecule has 0 aromatic heterocycles. The van der Waals surface area contributed by atoms with Crippen LogP contribution in [0, 0.1) is 17.8 Å². The number of hydrogen-bond acceptors (Lipinski definition) is 7. The van der Waals surface area contributed by atoms with E-state index in [1.54, 1.807) is 12.1 Å². The molecule has 2 heterocycles. The van der Waals surface area contributed by atoms with Gasteiger partial charge in [-0.1, -0.05) is 24.6 Å². The lowest BCUT2D eigenvalue weighted by Gasteiger charge is -2.42. The van der Waals surface area contributed by atoms with Crippen LogP contribution in [0.3, 0.4) is 0 Å². The SMILES string of the molecule is CCC1=C2B(O)O[C@H](c3ccc(O)cc3)C[C@H]2[C@H]2C(=O)N(C(=O)OC)C(=O)[C@H]2C1. The first kappa shape index (κ1) is 19.7. The highest BCUT2D eigenvalue weighted by Crippen LogP contribution is 2.51. The molecule has 2 saturated heterocycles. The molecule has 1 aromatic carbocycles. The predicted molar refractivity (Wildman–Crippen MR) is 101 cm³/mol. The number of ether oxygens (including phenoxy) is 1. The molecule has 3 aliphatic rings. The Bertz CT molecular complexity index is 897. The standard InChI is InChI=1S/C20H22BNO7/c1-3-10-8-14-16(19(25)22(18(14)24)20(26)28-2)13-9-15(29-21(27)17(10)13)11-4-6-12(23)7-5-11/h4-7,13-16,23,27H,3,8-9H2,1-2H3/t13-,14-,15-,16+/m0/s1. The Labute approximate surface area is 168 Å². The van der Waals surface area contributed by atoms with Crippen molar-refractivity contribution in [2.75, 3.05) is 7.11 Å². The number of amides is 3. The predicted octanol–water partition coefficient (Wildman–Crippen LogP) is 1.97. The Morgan fingerprint density at radius 2 is 1.93 bits per heavy atom. The van der Waals surface area contributed by atoms with Gasteiger partial charge in [0.1, 0.15) is 5.75 Å². The molecule has 8 nitrogen and oxygen atoms in total. The summed E-state index contributed by atoms with van der Waals surface area (Å²) in [5, 5.41) is 20.3. The number of allylic oxidation sites excluding steroid dienone is 2. The summed E-state index contributed by atoms with van der Waals surface area (Å²) in [6.07, 6.45) is -0.174. The van der Waals surface area contributed by atoms with Gasteiger partial charge in [0.15, 0.2) is 0 Å². The summed E-state index contributed by atoms with van der Waals surface area (Å²) >= 11 is 0. The van der Waals surface area contributed by atoms with Gasteiger partial charge in [-0.05, 0) is 48.3 Å². The smallest absolute Gasteiger partial charge is 0.487 e. The fraction of sp³-hybridized carbons (Fsp3) is 0.450. The molecule has 1 aromatic rings. The molecule has 1 aliphatic carbocycles. The Kier molecular flexibility index (Phi) is 4.96. The van der Waals surface area contributed by atoms with Crippen molar-refractivity contribution in [1.82, 2.24) is 4.90 Å². The van der Waals surface area contributed by atoms with E-state index in [1.807, 2.05) is 6.92 Å². The molecular formula is C20H22BNO7. The fourth-order valence-corrected chi connectivity index (χ4v) is 4.92. The maximum atomic E-state index is 13.0. The van der Waals surface area contributed by atoms with Gasteiger partial charge in [-0.2, -0.15) is 4.90 Å². The Morgan fingerprint density at radius 1 is 1.24 bits per heavy atom. The van der Waals surface area contributed by atoms with E-state index in [2.05, 4.69) is 4.74 Å². The third kappa shape index (κ3) is 3.05. The first-order valence-corrected chi connectivity index (χ1v) is 9.67. The lowest BCUT2D eigenvalue weighted by Crippen LogP contribution is -2.45. The molecule has 4 atom stereocenters. The van der Waals surface area contributed by atoms with Gasteiger partial charge in [0.05, 0.1) is 25.0 Å². The molecule has 2 fully saturated rings. The summed E-state index contributed by atoms with van der Waals surface area (Å²) in [5.74, 6) is -2.80. The van der Waals surface area contributed by atoms with Crippen LogP contribution in [-0.4, -0.2) is 47.2 Å². The van der Waals surface area contributed by atoms with Gasteiger partial charge >= 0.3 is 13.2 Å². The van der Waals surface area contributed by atoms with Crippen molar-refractivity contribution < 1.29 is 33.9 Å². The third-order valence-electron chi connectivity index (χ3n) is 6.26. The summed E-state index contributed by atoms with van der Waals surface area (Å²) in [4.78, 5) is 38.5. The number of likely N-dealkylation sites (tertiary alicyclic amines) is 1. The third-order valence-corrected chi connectivity index (χ3v) is 6.26. The second kappa shape index (κ2) is 7.31. The van der Waals surface area contributed by atoms with E-state index in [-0.39, 0.29) is 5.75 Å². The van der Waals surface area contributed by atoms with Crippen LogP contribution in [0.4, 0.5) is 4.79 Å². The molecule has 9 heteroatoms. The Morgan fingerprint density at radius 3 is 2.55 bits per heavy atom. The van der Waals surface area contributed by atoms with Crippen LogP contribution < -0.4 is 0 Å². The molecule has 0 bridgehead atoms. The van der Waals surface area contributed by atoms with Crippen LogP contribution in [-0.2, 0) is 19.0 Å². The fourth-order valence-electron chi connectivity index (χ4n) is 4.92. The quantitative estimate of drug-likeness (QED) is 0.577. The van der Waals surface area contributed by atoms with Crippen LogP contribution >= 0.6 is 0 Å². The zero-order valence-corrected chi connectivity index (χ0v) is 16.2. The number of hydrogen-bond donors (Lipinski definition) is 2. The van der Waals surface area contributed by atoms with Crippen molar-refractivity contribution in [2.24, 2.45) is 17.8 Å². The molecular weight excluding hydrogens is 377 g/mol. The van der Waals surface area contributed by atoms with Gasteiger partial charge in [0.2, 0.25) is 11.8 Å². The summed E-state index contributed by atoms with van der Waals surface area (Å²) in [6.45, 7) is 1.93. The zero-order chi connectivity index (χ0) is 20.9. The summed E-state index contributed by atoms with van der Waals surface area (Å²) < 4.78 is 10.5. The Balaban J connectivity index is 1.73. The number of aromatic hydroxyl groups is 1. The lowest BCUT2D eigenvalue weighted by atomic mass is 9.55. The molecule has 0 radical (unpaired) electrons. The molecule has 3 amide bonds. The average Bonchev–Trinajstić information content (AvgIpc) is 2.97. The lowest BCUT2D eigenvalue weighted by molar-refractivity contribution is -0.137. The molecule has 0 spiro atoms. The van der Waals surface area contributed by atoms with Crippen LogP contribution in [0.2, 0.25) is 0 Å². The minimum atomic E-state index is -1.20. The minimum absolute atomic E-state index is 0.113. The van der Waals surface area contributed by atoms with E-state index in [9.17, 15) is 24.5 Å². The molecule has 0 saturated carbocycles. The van der Waals surface area contributed by atoms with Gasteiger partial charge in [0, 0.05) is 0 Å². The summed E-state index contributed by atoms with van der Waals surface area (Å²) in [5.41, 5.74) is 2.29. The monoisotopic (exact) mass is 399 g/mol. The van der Waals surface area contributed by atoms with Crippen molar-refractivity contribution >= 4 is 25.0 Å². The number of benzene rings is 1. The topological polar surface area (TPSA) is 113 Å². The minimum Gasteiger partial charge on any atom is -0.508 e. The molecule has 2 aliphatic heterocycles. The number of nitrogens with zero attached hydrogens (tertiary/aromatic N) is 1. The first-order valence-electron chi connectivity index (χ1n) is 9.67. The largest absolute Gasteiger partial charge is 0.508 e. The van der Waals surface area contributed by atoms with Gasteiger partial charge in [0.25, 0.3) is 0 Å². The number of fused-ring (bicyclic) bond motifs is 3. The van der Waals surface area contributed by atoms with Crippen molar-refractivity contribution in [3.05, 3.63) is 40.9 Å². The van der Waals surface area contributed by atoms with Gasteiger partial charge < -0.3 is 19.5 Å². The van der Waals surface area contributed by atoms with Crippen LogP contribution in [0.1, 0.15) is 37.9 Å². The number of rotatable bonds is 2. The zero-order valence-electron chi connectivity index (χ0n) is 16.2. The summed E-state index contributed by atoms with van der Waals surface area (Å²) in [6, 6.07) is 6.46. The average molecular weight is 399 g/mol. The maximum Gasteiger partial charge on any atom is 0.487 e. The number of methoxy groups -OCH3 is 1.